The predicted molar refractivity (Wildman–Crippen MR) is 62.0 cm³/mol. The summed E-state index contributed by atoms with van der Waals surface area (Å²) in [6, 6.07) is 0. The van der Waals surface area contributed by atoms with Crippen LogP contribution in [0.2, 0.25) is 0 Å². The molecule has 2 aliphatic rings. The number of likely N-dealkylation sites (N-methyl/N-ethyl adjacent to an activating group) is 1. The summed E-state index contributed by atoms with van der Waals surface area (Å²) in [6.45, 7) is 1.97. The van der Waals surface area contributed by atoms with Crippen molar-refractivity contribution < 1.29 is 19.8 Å². The molecule has 6 nitrogen and oxygen atoms in total. The highest BCUT2D eigenvalue weighted by molar-refractivity contribution is 8.04. The van der Waals surface area contributed by atoms with Gasteiger partial charge < -0.3 is 15.5 Å². The number of carbonyl (C=O) groups excluding carboxylic acids is 1. The highest BCUT2D eigenvalue weighted by Gasteiger charge is 2.57. The molecule has 0 saturated carbocycles. The van der Waals surface area contributed by atoms with E-state index in [1.807, 2.05) is 0 Å². The van der Waals surface area contributed by atoms with Gasteiger partial charge in [-0.1, -0.05) is 0 Å². The minimum absolute atomic E-state index is 0.0521. The van der Waals surface area contributed by atoms with Crippen molar-refractivity contribution in [2.45, 2.75) is 18.4 Å². The molecule has 2 aliphatic heterocycles. The van der Waals surface area contributed by atoms with Gasteiger partial charge in [-0.2, -0.15) is 0 Å². The van der Waals surface area contributed by atoms with Crippen molar-refractivity contribution in [3.63, 3.8) is 0 Å². The molecule has 1 saturated heterocycles. The Morgan fingerprint density at radius 2 is 2.29 bits per heavy atom. The van der Waals surface area contributed by atoms with E-state index in [2.05, 4.69) is 5.32 Å². The summed E-state index contributed by atoms with van der Waals surface area (Å²) in [6.07, 6.45) is -0.750. The number of hydrogen-bond acceptors (Lipinski definition) is 5. The Bertz CT molecular complexity index is 407. The molecule has 3 N–H and O–H groups in total. The van der Waals surface area contributed by atoms with Crippen molar-refractivity contribution in [3.8, 4) is 0 Å². The molecule has 0 aromatic rings. The number of thioether (sulfide) groups is 1. The Balaban J connectivity index is 2.26. The largest absolute Gasteiger partial charge is 0.477 e. The van der Waals surface area contributed by atoms with Crippen molar-refractivity contribution in [2.75, 3.05) is 13.6 Å². The first-order chi connectivity index (χ1) is 7.99. The van der Waals surface area contributed by atoms with Gasteiger partial charge in [-0.25, -0.2) is 4.79 Å². The average molecular weight is 258 g/mol. The summed E-state index contributed by atoms with van der Waals surface area (Å²) in [5, 5.41) is 21.2. The number of carboxylic acids is 1. The Morgan fingerprint density at radius 3 is 2.76 bits per heavy atom. The van der Waals surface area contributed by atoms with Crippen LogP contribution in [0.15, 0.2) is 10.6 Å². The molecule has 0 spiro atoms. The van der Waals surface area contributed by atoms with E-state index in [9.17, 15) is 14.7 Å². The van der Waals surface area contributed by atoms with Crippen LogP contribution in [-0.2, 0) is 9.59 Å². The number of aliphatic carboxylic acids is 1. The maximum Gasteiger partial charge on any atom is 0.353 e. The van der Waals surface area contributed by atoms with Crippen LogP contribution >= 0.6 is 11.8 Å². The number of rotatable bonds is 4. The van der Waals surface area contributed by atoms with Crippen LogP contribution in [0.4, 0.5) is 0 Å². The normalized spacial score (nSPS) is 29.1. The number of aliphatic hydroxyl groups is 1. The van der Waals surface area contributed by atoms with Gasteiger partial charge in [-0.15, -0.1) is 11.8 Å². The summed E-state index contributed by atoms with van der Waals surface area (Å²) in [4.78, 5) is 24.8. The molecule has 0 aromatic heterocycles. The molecule has 2 heterocycles. The van der Waals surface area contributed by atoms with E-state index in [1.165, 1.54) is 16.7 Å². The van der Waals surface area contributed by atoms with Crippen molar-refractivity contribution >= 4 is 23.6 Å². The first kappa shape index (κ1) is 12.4. The molecule has 1 amide bonds. The molecule has 0 unspecified atom stereocenters. The monoisotopic (exact) mass is 258 g/mol. The third-order valence-corrected chi connectivity index (χ3v) is 4.28. The maximum atomic E-state index is 11.8. The van der Waals surface area contributed by atoms with Gasteiger partial charge in [0, 0.05) is 11.4 Å². The van der Waals surface area contributed by atoms with E-state index >= 15 is 0 Å². The van der Waals surface area contributed by atoms with Gasteiger partial charge >= 0.3 is 5.97 Å². The number of β-lactam (4-membered cyclic amide) rings is 1. The third-order valence-electron chi connectivity index (χ3n) is 2.91. The van der Waals surface area contributed by atoms with Crippen LogP contribution in [0, 0.1) is 5.92 Å². The van der Waals surface area contributed by atoms with E-state index in [0.717, 1.165) is 0 Å². The molecule has 2 rings (SSSR count). The van der Waals surface area contributed by atoms with Crippen LogP contribution in [0.1, 0.15) is 6.92 Å². The summed E-state index contributed by atoms with van der Waals surface area (Å²) >= 11 is 1.34. The second-order valence-corrected chi connectivity index (χ2v) is 5.30. The Morgan fingerprint density at radius 1 is 1.65 bits per heavy atom. The van der Waals surface area contributed by atoms with Crippen LogP contribution in [0.5, 0.6) is 0 Å². The average Bonchev–Trinajstić information content (AvgIpc) is 2.53. The number of fused-ring (bicyclic) bond motifs is 1. The number of nitrogens with zero attached hydrogens (tertiary/aromatic N) is 1. The van der Waals surface area contributed by atoms with E-state index in [1.54, 1.807) is 14.0 Å². The molecule has 1 fully saturated rings. The molecular formula is C10H14N2O4S. The fourth-order valence-electron chi connectivity index (χ4n) is 2.14. The van der Waals surface area contributed by atoms with E-state index in [-0.39, 0.29) is 17.0 Å². The molecule has 0 bridgehead atoms. The molecule has 3 atom stereocenters. The predicted octanol–water partition coefficient (Wildman–Crippen LogP) is -0.586. The highest BCUT2D eigenvalue weighted by Crippen LogP contribution is 2.49. The summed E-state index contributed by atoms with van der Waals surface area (Å²) < 4.78 is 0. The van der Waals surface area contributed by atoms with E-state index in [0.29, 0.717) is 11.4 Å². The van der Waals surface area contributed by atoms with Gasteiger partial charge in [0.05, 0.1) is 12.0 Å². The van der Waals surface area contributed by atoms with Gasteiger partial charge in [0.2, 0.25) is 5.91 Å². The van der Waals surface area contributed by atoms with Crippen molar-refractivity contribution in [3.05, 3.63) is 10.6 Å². The fraction of sp³-hybridized carbons (Fsp3) is 0.600. The number of aliphatic hydroxyl groups excluding tert-OH is 1. The molecule has 17 heavy (non-hydrogen) atoms. The molecule has 0 radical (unpaired) electrons. The number of hydrogen-bond donors (Lipinski definition) is 3. The van der Waals surface area contributed by atoms with E-state index < -0.39 is 18.0 Å². The van der Waals surface area contributed by atoms with Gasteiger partial charge in [0.1, 0.15) is 11.1 Å². The van der Waals surface area contributed by atoms with Gasteiger partial charge in [0.25, 0.3) is 0 Å². The molecular weight excluding hydrogens is 244 g/mol. The first-order valence-electron chi connectivity index (χ1n) is 5.28. The highest BCUT2D eigenvalue weighted by atomic mass is 32.2. The van der Waals surface area contributed by atoms with Crippen LogP contribution in [0.25, 0.3) is 0 Å². The van der Waals surface area contributed by atoms with E-state index in [4.69, 9.17) is 5.11 Å². The van der Waals surface area contributed by atoms with Crippen LogP contribution in [-0.4, -0.2) is 52.1 Å². The Labute approximate surface area is 103 Å². The first-order valence-corrected chi connectivity index (χ1v) is 6.15. The zero-order chi connectivity index (χ0) is 12.7. The zero-order valence-electron chi connectivity index (χ0n) is 9.51. The lowest BCUT2D eigenvalue weighted by molar-refractivity contribution is -0.156. The number of nitrogens with one attached hydrogen (secondary N) is 1. The van der Waals surface area contributed by atoms with Gasteiger partial charge in [-0.05, 0) is 14.0 Å². The quantitative estimate of drug-likeness (QED) is 0.584. The molecule has 94 valence electrons. The lowest BCUT2D eigenvalue weighted by Gasteiger charge is -2.43. The molecule has 0 aliphatic carbocycles. The zero-order valence-corrected chi connectivity index (χ0v) is 10.3. The number of carboxylic acid groups (broad SMARTS) is 1. The summed E-state index contributed by atoms with van der Waals surface area (Å²) in [5.41, 5.74) is 0.0521. The fourth-order valence-corrected chi connectivity index (χ4v) is 3.76. The molecule has 7 heteroatoms. The minimum Gasteiger partial charge on any atom is -0.477 e. The summed E-state index contributed by atoms with van der Waals surface area (Å²) in [7, 11) is 1.72. The van der Waals surface area contributed by atoms with Crippen molar-refractivity contribution in [2.24, 2.45) is 5.92 Å². The Kier molecular flexibility index (Phi) is 3.15. The standard InChI is InChI=1S/C10H14N2O4S/c1-4(13)6-8(14)12-7(10(15)16)5(3-11-2)17-9(6)12/h4,6,9,11,13H,3H2,1-2H3,(H,15,16)/t4-,6+,9-/m1/s1. The number of carbonyl (C=O) groups is 2. The molecule has 0 aromatic carbocycles. The SMILES string of the molecule is CNCC1=C(C(=O)O)N2C(=O)[C@H]([C@@H](C)O)[C@H]2S1. The van der Waals surface area contributed by atoms with Crippen molar-refractivity contribution in [1.29, 1.82) is 0 Å². The van der Waals surface area contributed by atoms with Gasteiger partial charge in [0.15, 0.2) is 0 Å². The smallest absolute Gasteiger partial charge is 0.353 e. The Hall–Kier alpha value is -1.05. The topological polar surface area (TPSA) is 89.9 Å². The van der Waals surface area contributed by atoms with Gasteiger partial charge in [-0.3, -0.25) is 9.69 Å². The lowest BCUT2D eigenvalue weighted by Crippen LogP contribution is -2.60. The van der Waals surface area contributed by atoms with Crippen LogP contribution in [0.3, 0.4) is 0 Å². The second-order valence-electron chi connectivity index (χ2n) is 4.09. The van der Waals surface area contributed by atoms with Crippen LogP contribution < -0.4 is 5.32 Å². The van der Waals surface area contributed by atoms with Crippen molar-refractivity contribution in [1.82, 2.24) is 10.2 Å². The maximum absolute atomic E-state index is 11.8. The minimum atomic E-state index is -1.09. The summed E-state index contributed by atoms with van der Waals surface area (Å²) in [5.74, 6) is -1.90. The second kappa shape index (κ2) is 4.32. The third kappa shape index (κ3) is 1.74. The number of amides is 1. The lowest BCUT2D eigenvalue weighted by atomic mass is 9.92.